The normalized spacial score (nSPS) is 15.5. The molecule has 1 amide bonds. The summed E-state index contributed by atoms with van der Waals surface area (Å²) in [5, 5.41) is 2.95. The topological polar surface area (TPSA) is 66.5 Å². The molecule has 0 radical (unpaired) electrons. The molecule has 0 aromatic heterocycles. The predicted octanol–water partition coefficient (Wildman–Crippen LogP) is 5.03. The number of carbonyl (C=O) groups excluding carboxylic acids is 1. The number of rotatable bonds is 5. The molecule has 1 N–H and O–H groups in total. The third-order valence-electron chi connectivity index (χ3n) is 5.76. The van der Waals surface area contributed by atoms with Crippen LogP contribution in [0, 0.1) is 5.92 Å². The van der Waals surface area contributed by atoms with Crippen molar-refractivity contribution in [3.8, 4) is 11.1 Å². The second kappa shape index (κ2) is 9.04. The van der Waals surface area contributed by atoms with E-state index in [4.69, 9.17) is 0 Å². The van der Waals surface area contributed by atoms with Crippen molar-refractivity contribution in [1.82, 2.24) is 4.31 Å². The molecule has 1 heterocycles. The van der Waals surface area contributed by atoms with Gasteiger partial charge in [-0.2, -0.15) is 4.31 Å². The number of nitrogens with one attached hydrogen (secondary N) is 1. The molecule has 1 aliphatic heterocycles. The third kappa shape index (κ3) is 4.70. The zero-order chi connectivity index (χ0) is 21.8. The summed E-state index contributed by atoms with van der Waals surface area (Å²) in [5.41, 5.74) is 3.05. The van der Waals surface area contributed by atoms with Gasteiger partial charge in [0.2, 0.25) is 10.0 Å². The lowest BCUT2D eigenvalue weighted by molar-refractivity contribution is 0.102. The number of carbonyl (C=O) groups is 1. The van der Waals surface area contributed by atoms with E-state index in [9.17, 15) is 13.2 Å². The number of benzene rings is 3. The van der Waals surface area contributed by atoms with Gasteiger partial charge in [0.25, 0.3) is 5.91 Å². The van der Waals surface area contributed by atoms with Gasteiger partial charge in [0.15, 0.2) is 0 Å². The number of hydrogen-bond acceptors (Lipinski definition) is 3. The number of piperidine rings is 1. The number of para-hydroxylation sites is 1. The van der Waals surface area contributed by atoms with Crippen LogP contribution in [0.1, 0.15) is 30.1 Å². The van der Waals surface area contributed by atoms with Crippen molar-refractivity contribution in [2.75, 3.05) is 18.4 Å². The number of anilines is 1. The quantitative estimate of drug-likeness (QED) is 0.613. The van der Waals surface area contributed by atoms with E-state index in [-0.39, 0.29) is 10.8 Å². The summed E-state index contributed by atoms with van der Waals surface area (Å²) in [6, 6.07) is 23.6. The smallest absolute Gasteiger partial charge is 0.255 e. The van der Waals surface area contributed by atoms with Gasteiger partial charge in [-0.3, -0.25) is 4.79 Å². The summed E-state index contributed by atoms with van der Waals surface area (Å²) in [6.07, 6.45) is 1.75. The highest BCUT2D eigenvalue weighted by atomic mass is 32.2. The van der Waals surface area contributed by atoms with Gasteiger partial charge in [-0.05, 0) is 54.7 Å². The van der Waals surface area contributed by atoms with Crippen LogP contribution in [0.15, 0.2) is 83.8 Å². The number of nitrogens with zero attached hydrogens (tertiary/aromatic N) is 1. The van der Waals surface area contributed by atoms with Crippen LogP contribution in [0.5, 0.6) is 0 Å². The highest BCUT2D eigenvalue weighted by molar-refractivity contribution is 7.89. The first-order chi connectivity index (χ1) is 14.9. The Kier molecular flexibility index (Phi) is 6.20. The fourth-order valence-electron chi connectivity index (χ4n) is 3.81. The van der Waals surface area contributed by atoms with Crippen LogP contribution in [0.25, 0.3) is 11.1 Å². The second-order valence-electron chi connectivity index (χ2n) is 7.98. The monoisotopic (exact) mass is 434 g/mol. The van der Waals surface area contributed by atoms with E-state index < -0.39 is 10.0 Å². The largest absolute Gasteiger partial charge is 0.321 e. The molecule has 0 aliphatic carbocycles. The standard InChI is InChI=1S/C25H26N2O3S/c1-19-15-17-27(18-16-19)31(29,30)22-13-11-21(12-14-22)25(28)26-24-10-6-5-9-23(24)20-7-3-2-4-8-20/h2-14,19H,15-18H2,1H3,(H,26,28). The number of sulfonamides is 1. The minimum atomic E-state index is -3.53. The fourth-order valence-corrected chi connectivity index (χ4v) is 5.28. The Hall–Kier alpha value is -2.96. The highest BCUT2D eigenvalue weighted by Gasteiger charge is 2.28. The molecule has 0 saturated carbocycles. The minimum absolute atomic E-state index is 0.225. The van der Waals surface area contributed by atoms with Crippen LogP contribution in [0.2, 0.25) is 0 Å². The molecule has 0 spiro atoms. The molecule has 0 atom stereocenters. The number of hydrogen-bond donors (Lipinski definition) is 1. The molecule has 6 heteroatoms. The van der Waals surface area contributed by atoms with Crippen LogP contribution in [0.3, 0.4) is 0 Å². The molecule has 0 unspecified atom stereocenters. The van der Waals surface area contributed by atoms with E-state index in [1.807, 2.05) is 54.6 Å². The van der Waals surface area contributed by atoms with E-state index in [2.05, 4.69) is 12.2 Å². The lowest BCUT2D eigenvalue weighted by Gasteiger charge is -2.29. The Morgan fingerprint density at radius 2 is 1.48 bits per heavy atom. The minimum Gasteiger partial charge on any atom is -0.321 e. The molecule has 31 heavy (non-hydrogen) atoms. The van der Waals surface area contributed by atoms with Crippen molar-refractivity contribution in [2.24, 2.45) is 5.92 Å². The van der Waals surface area contributed by atoms with Crippen LogP contribution in [-0.4, -0.2) is 31.7 Å². The Morgan fingerprint density at radius 3 is 2.16 bits per heavy atom. The predicted molar refractivity (Wildman–Crippen MR) is 123 cm³/mol. The molecule has 1 aliphatic rings. The summed E-state index contributed by atoms with van der Waals surface area (Å²) in [6.45, 7) is 3.23. The van der Waals surface area contributed by atoms with Gasteiger partial charge in [0, 0.05) is 29.9 Å². The van der Waals surface area contributed by atoms with Crippen LogP contribution in [0.4, 0.5) is 5.69 Å². The van der Waals surface area contributed by atoms with Crippen LogP contribution < -0.4 is 5.32 Å². The Bertz CT molecular complexity index is 1150. The van der Waals surface area contributed by atoms with Gasteiger partial charge in [-0.25, -0.2) is 8.42 Å². The first-order valence-electron chi connectivity index (χ1n) is 10.5. The maximum atomic E-state index is 12.9. The fraction of sp³-hybridized carbons (Fsp3) is 0.240. The van der Waals surface area contributed by atoms with Crippen molar-refractivity contribution in [3.63, 3.8) is 0 Å². The summed E-state index contributed by atoms with van der Waals surface area (Å²) >= 11 is 0. The Labute approximate surface area is 183 Å². The summed E-state index contributed by atoms with van der Waals surface area (Å²) < 4.78 is 27.3. The third-order valence-corrected chi connectivity index (χ3v) is 7.67. The maximum Gasteiger partial charge on any atom is 0.255 e. The highest BCUT2D eigenvalue weighted by Crippen LogP contribution is 2.28. The van der Waals surface area contributed by atoms with E-state index >= 15 is 0 Å². The van der Waals surface area contributed by atoms with Crippen molar-refractivity contribution < 1.29 is 13.2 Å². The van der Waals surface area contributed by atoms with Gasteiger partial charge in [0.05, 0.1) is 4.90 Å². The average molecular weight is 435 g/mol. The van der Waals surface area contributed by atoms with Crippen LogP contribution in [-0.2, 0) is 10.0 Å². The summed E-state index contributed by atoms with van der Waals surface area (Å²) in [4.78, 5) is 13.1. The molecular weight excluding hydrogens is 408 g/mol. The molecular formula is C25H26N2O3S. The van der Waals surface area contributed by atoms with Crippen molar-refractivity contribution in [2.45, 2.75) is 24.7 Å². The van der Waals surface area contributed by atoms with Crippen molar-refractivity contribution in [1.29, 1.82) is 0 Å². The van der Waals surface area contributed by atoms with Gasteiger partial charge < -0.3 is 5.32 Å². The van der Waals surface area contributed by atoms with Gasteiger partial charge in [-0.1, -0.05) is 55.5 Å². The molecule has 5 nitrogen and oxygen atoms in total. The molecule has 4 rings (SSSR count). The Balaban J connectivity index is 1.51. The molecule has 160 valence electrons. The van der Waals surface area contributed by atoms with Gasteiger partial charge >= 0.3 is 0 Å². The lowest BCUT2D eigenvalue weighted by Crippen LogP contribution is -2.37. The van der Waals surface area contributed by atoms with Crippen molar-refractivity contribution in [3.05, 3.63) is 84.4 Å². The summed E-state index contributed by atoms with van der Waals surface area (Å²) in [7, 11) is -3.53. The van der Waals surface area contributed by atoms with E-state index in [1.165, 1.54) is 16.4 Å². The second-order valence-corrected chi connectivity index (χ2v) is 9.91. The maximum absolute atomic E-state index is 12.9. The van der Waals surface area contributed by atoms with Crippen LogP contribution >= 0.6 is 0 Å². The van der Waals surface area contributed by atoms with Crippen molar-refractivity contribution >= 4 is 21.6 Å². The first-order valence-corrected chi connectivity index (χ1v) is 11.9. The van der Waals surface area contributed by atoms with E-state index in [0.29, 0.717) is 30.3 Å². The molecule has 3 aromatic carbocycles. The molecule has 3 aromatic rings. The molecule has 1 saturated heterocycles. The Morgan fingerprint density at radius 1 is 0.871 bits per heavy atom. The zero-order valence-electron chi connectivity index (χ0n) is 17.5. The zero-order valence-corrected chi connectivity index (χ0v) is 18.3. The molecule has 1 fully saturated rings. The van der Waals surface area contributed by atoms with E-state index in [0.717, 1.165) is 24.0 Å². The average Bonchev–Trinajstić information content (AvgIpc) is 2.80. The first kappa shape index (κ1) is 21.3. The van der Waals surface area contributed by atoms with E-state index in [1.54, 1.807) is 12.1 Å². The van der Waals surface area contributed by atoms with Gasteiger partial charge in [0.1, 0.15) is 0 Å². The molecule has 0 bridgehead atoms. The van der Waals surface area contributed by atoms with Gasteiger partial charge in [-0.15, -0.1) is 0 Å². The number of amides is 1. The summed E-state index contributed by atoms with van der Waals surface area (Å²) in [5.74, 6) is 0.274. The SMILES string of the molecule is CC1CCN(S(=O)(=O)c2ccc(C(=O)Nc3ccccc3-c3ccccc3)cc2)CC1. The lowest BCUT2D eigenvalue weighted by atomic mass is 10.0.